The maximum Gasteiger partial charge on any atom is 0.237 e. The zero-order valence-corrected chi connectivity index (χ0v) is 21.6. The molecule has 3 N–H and O–H groups in total. The number of carbonyl (C=O) groups is 1. The number of likely N-dealkylation sites (N-methyl/N-ethyl adjacent to an activating group) is 1. The predicted molar refractivity (Wildman–Crippen MR) is 143 cm³/mol. The summed E-state index contributed by atoms with van der Waals surface area (Å²) in [5.74, 6) is 0.971. The zero-order valence-electron chi connectivity index (χ0n) is 20.1. The molecule has 1 amide bonds. The molecule has 2 aromatic carbocycles. The van der Waals surface area contributed by atoms with E-state index in [1.54, 1.807) is 4.52 Å². The highest BCUT2D eigenvalue weighted by molar-refractivity contribution is 6.33. The van der Waals surface area contributed by atoms with Crippen LogP contribution in [0.4, 0.5) is 5.95 Å². The topological polar surface area (TPSA) is 101 Å². The molecule has 36 heavy (non-hydrogen) atoms. The highest BCUT2D eigenvalue weighted by Gasteiger charge is 2.39. The van der Waals surface area contributed by atoms with E-state index in [-0.39, 0.29) is 5.91 Å². The van der Waals surface area contributed by atoms with Crippen molar-refractivity contribution in [1.29, 1.82) is 0 Å². The molecule has 0 atom stereocenters. The van der Waals surface area contributed by atoms with Crippen LogP contribution in [0.5, 0.6) is 0 Å². The number of hydrogen-bond donors (Lipinski definition) is 2. The Hall–Kier alpha value is -3.20. The molecule has 0 unspecified atom stereocenters. The average Bonchev–Trinajstić information content (AvgIpc) is 3.25. The molecule has 1 aliphatic rings. The van der Waals surface area contributed by atoms with E-state index in [9.17, 15) is 4.79 Å². The number of piperidine rings is 1. The first-order valence-electron chi connectivity index (χ1n) is 11.9. The van der Waals surface area contributed by atoms with Crippen LogP contribution >= 0.6 is 23.2 Å². The molecule has 1 aliphatic heterocycles. The Morgan fingerprint density at radius 2 is 1.78 bits per heavy atom. The average molecular weight is 524 g/mol. The van der Waals surface area contributed by atoms with Gasteiger partial charge in [-0.05, 0) is 50.1 Å². The highest BCUT2D eigenvalue weighted by Crippen LogP contribution is 2.38. The quantitative estimate of drug-likeness (QED) is 0.385. The summed E-state index contributed by atoms with van der Waals surface area (Å²) in [7, 11) is 0. The maximum absolute atomic E-state index is 12.2. The summed E-state index contributed by atoms with van der Waals surface area (Å²) in [6.07, 6.45) is 1.16. The van der Waals surface area contributed by atoms with Gasteiger partial charge >= 0.3 is 0 Å². The highest BCUT2D eigenvalue weighted by atomic mass is 35.5. The molecule has 8 nitrogen and oxygen atoms in total. The molecule has 0 spiro atoms. The number of halogens is 2. The molecule has 1 fully saturated rings. The SMILES string of the molecule is CCNC1(C(N)=O)CCN(c2nc(C)n3nc(-c4ccccc4Cl)c(-c4ccc(Cl)cc4)c3n2)CC1. The summed E-state index contributed by atoms with van der Waals surface area (Å²) < 4.78 is 1.75. The second-order valence-corrected chi connectivity index (χ2v) is 9.82. The molecule has 0 aliphatic carbocycles. The molecule has 1 saturated heterocycles. The molecule has 0 saturated carbocycles. The van der Waals surface area contributed by atoms with Crippen LogP contribution in [-0.4, -0.2) is 50.7 Å². The second kappa shape index (κ2) is 9.69. The molecule has 0 bridgehead atoms. The minimum absolute atomic E-state index is 0.318. The first-order valence-corrected chi connectivity index (χ1v) is 12.7. The Morgan fingerprint density at radius 1 is 1.08 bits per heavy atom. The lowest BCUT2D eigenvalue weighted by Gasteiger charge is -2.40. The van der Waals surface area contributed by atoms with E-state index in [0.29, 0.717) is 59.9 Å². The van der Waals surface area contributed by atoms with Crippen molar-refractivity contribution < 1.29 is 4.79 Å². The number of aromatic nitrogens is 4. The largest absolute Gasteiger partial charge is 0.368 e. The van der Waals surface area contributed by atoms with E-state index in [0.717, 1.165) is 22.4 Å². The summed E-state index contributed by atoms with van der Waals surface area (Å²) >= 11 is 12.8. The number of hydrogen-bond acceptors (Lipinski definition) is 6. The third-order valence-corrected chi connectivity index (χ3v) is 7.37. The van der Waals surface area contributed by atoms with Gasteiger partial charge in [-0.3, -0.25) is 4.79 Å². The molecule has 3 heterocycles. The van der Waals surface area contributed by atoms with E-state index in [1.165, 1.54) is 0 Å². The third kappa shape index (κ3) is 4.30. The van der Waals surface area contributed by atoms with Crippen LogP contribution in [0.2, 0.25) is 10.0 Å². The lowest BCUT2D eigenvalue weighted by atomic mass is 9.86. The van der Waals surface area contributed by atoms with Gasteiger partial charge in [0.25, 0.3) is 0 Å². The molecular formula is C26H27Cl2N7O. The van der Waals surface area contributed by atoms with Crippen molar-refractivity contribution in [1.82, 2.24) is 24.9 Å². The van der Waals surface area contributed by atoms with Crippen molar-refractivity contribution in [2.75, 3.05) is 24.5 Å². The molecule has 4 aromatic rings. The van der Waals surface area contributed by atoms with E-state index >= 15 is 0 Å². The number of carbonyl (C=O) groups excluding carboxylic acids is 1. The first-order chi connectivity index (χ1) is 17.3. The normalized spacial score (nSPS) is 15.4. The van der Waals surface area contributed by atoms with Crippen molar-refractivity contribution in [3.63, 3.8) is 0 Å². The molecule has 186 valence electrons. The fourth-order valence-electron chi connectivity index (χ4n) is 4.85. The minimum atomic E-state index is -0.702. The van der Waals surface area contributed by atoms with Crippen molar-refractivity contribution in [3.8, 4) is 22.4 Å². The lowest BCUT2D eigenvalue weighted by Crippen LogP contribution is -2.61. The molecule has 10 heteroatoms. The number of anilines is 1. The Morgan fingerprint density at radius 3 is 2.42 bits per heavy atom. The molecule has 2 aromatic heterocycles. The number of benzene rings is 2. The minimum Gasteiger partial charge on any atom is -0.368 e. The maximum atomic E-state index is 12.2. The predicted octanol–water partition coefficient (Wildman–Crippen LogP) is 4.51. The van der Waals surface area contributed by atoms with Crippen LogP contribution in [-0.2, 0) is 4.79 Å². The van der Waals surface area contributed by atoms with Gasteiger partial charge in [-0.15, -0.1) is 0 Å². The van der Waals surface area contributed by atoms with E-state index in [4.69, 9.17) is 44.0 Å². The second-order valence-electron chi connectivity index (χ2n) is 8.98. The summed E-state index contributed by atoms with van der Waals surface area (Å²) in [6, 6.07) is 15.2. The van der Waals surface area contributed by atoms with Crippen molar-refractivity contribution in [2.24, 2.45) is 5.73 Å². The molecule has 0 radical (unpaired) electrons. The summed E-state index contributed by atoms with van der Waals surface area (Å²) in [5.41, 5.74) is 9.03. The zero-order chi connectivity index (χ0) is 25.4. The van der Waals surface area contributed by atoms with Crippen LogP contribution in [0.1, 0.15) is 25.6 Å². The summed E-state index contributed by atoms with van der Waals surface area (Å²) in [4.78, 5) is 24.0. The number of fused-ring (bicyclic) bond motifs is 1. The van der Waals surface area contributed by atoms with Gasteiger partial charge < -0.3 is 16.0 Å². The van der Waals surface area contributed by atoms with Gasteiger partial charge in [0.2, 0.25) is 11.9 Å². The molecular weight excluding hydrogens is 497 g/mol. The number of nitrogens with one attached hydrogen (secondary N) is 1. The van der Waals surface area contributed by atoms with Gasteiger partial charge in [-0.2, -0.15) is 19.6 Å². The number of amides is 1. The fourth-order valence-corrected chi connectivity index (χ4v) is 5.20. The van der Waals surface area contributed by atoms with Crippen LogP contribution in [0.25, 0.3) is 28.0 Å². The van der Waals surface area contributed by atoms with Gasteiger partial charge in [0.1, 0.15) is 17.1 Å². The Labute approximate surface area is 219 Å². The van der Waals surface area contributed by atoms with E-state index in [2.05, 4.69) is 10.2 Å². The Kier molecular flexibility index (Phi) is 6.59. The van der Waals surface area contributed by atoms with Crippen LogP contribution in [0.15, 0.2) is 48.5 Å². The van der Waals surface area contributed by atoms with Crippen molar-refractivity contribution >= 4 is 40.7 Å². The van der Waals surface area contributed by atoms with E-state index < -0.39 is 5.54 Å². The lowest BCUT2D eigenvalue weighted by molar-refractivity contribution is -0.125. The van der Waals surface area contributed by atoms with Crippen LogP contribution < -0.4 is 16.0 Å². The van der Waals surface area contributed by atoms with Gasteiger partial charge in [-0.25, -0.2) is 0 Å². The van der Waals surface area contributed by atoms with E-state index in [1.807, 2.05) is 62.4 Å². The first kappa shape index (κ1) is 24.5. The smallest absolute Gasteiger partial charge is 0.237 e. The van der Waals surface area contributed by atoms with Crippen molar-refractivity contribution in [3.05, 3.63) is 64.4 Å². The van der Waals surface area contributed by atoms with Crippen LogP contribution in [0.3, 0.4) is 0 Å². The third-order valence-electron chi connectivity index (χ3n) is 6.78. The summed E-state index contributed by atoms with van der Waals surface area (Å²) in [5, 5.41) is 9.42. The standard InChI is InChI=1S/C26H27Cl2N7O/c1-3-30-26(24(29)36)12-14-34(15-13-26)25-31-16(2)35-23(32-25)21(17-8-10-18(27)11-9-17)22(33-35)19-6-4-5-7-20(19)28/h4-11,30H,3,12-15H2,1-2H3,(H2,29,36). The van der Waals surface area contributed by atoms with Gasteiger partial charge in [0, 0.05) is 23.7 Å². The molecule has 5 rings (SSSR count). The number of nitrogens with zero attached hydrogens (tertiary/aromatic N) is 5. The number of rotatable bonds is 6. The Bertz CT molecular complexity index is 1430. The number of nitrogens with two attached hydrogens (primary N) is 1. The van der Waals surface area contributed by atoms with Gasteiger partial charge in [-0.1, -0.05) is 60.5 Å². The number of aryl methyl sites for hydroxylation is 1. The fraction of sp³-hybridized carbons (Fsp3) is 0.308. The van der Waals surface area contributed by atoms with Crippen molar-refractivity contribution in [2.45, 2.75) is 32.2 Å². The van der Waals surface area contributed by atoms with Crippen LogP contribution in [0, 0.1) is 6.92 Å². The summed E-state index contributed by atoms with van der Waals surface area (Å²) in [6.45, 7) is 5.77. The van der Waals surface area contributed by atoms with Gasteiger partial charge in [0.15, 0.2) is 5.65 Å². The number of primary amides is 1. The Balaban J connectivity index is 1.63. The van der Waals surface area contributed by atoms with Gasteiger partial charge in [0.05, 0.1) is 10.6 Å². The monoisotopic (exact) mass is 523 g/mol.